The molecule has 4 nitrogen and oxygen atoms in total. The van der Waals surface area contributed by atoms with Crippen LogP contribution in [0, 0.1) is 0 Å². The Balaban J connectivity index is 2.31. The first-order valence-corrected chi connectivity index (χ1v) is 6.04. The van der Waals surface area contributed by atoms with Crippen LogP contribution in [0.4, 0.5) is 5.82 Å². The summed E-state index contributed by atoms with van der Waals surface area (Å²) in [5.41, 5.74) is 6.73. The van der Waals surface area contributed by atoms with Gasteiger partial charge in [-0.05, 0) is 34.0 Å². The third-order valence-corrected chi connectivity index (χ3v) is 2.66. The molecule has 0 bridgehead atoms. The van der Waals surface area contributed by atoms with E-state index in [2.05, 4.69) is 32.8 Å². The Morgan fingerprint density at radius 3 is 2.76 bits per heavy atom. The summed E-state index contributed by atoms with van der Waals surface area (Å²) in [7, 11) is 0. The molecular formula is C12H12BrN3O. The first-order valence-electron chi connectivity index (χ1n) is 5.25. The summed E-state index contributed by atoms with van der Waals surface area (Å²) in [5.74, 6) is 1.13. The van der Waals surface area contributed by atoms with Gasteiger partial charge in [-0.1, -0.05) is 25.1 Å². The largest absolute Gasteiger partial charge is 0.424 e. The molecule has 0 saturated heterocycles. The van der Waals surface area contributed by atoms with Crippen molar-refractivity contribution in [2.75, 3.05) is 5.73 Å². The lowest BCUT2D eigenvalue weighted by atomic mass is 10.1. The minimum absolute atomic E-state index is 0.248. The van der Waals surface area contributed by atoms with Crippen molar-refractivity contribution < 1.29 is 4.74 Å². The Bertz CT molecular complexity index is 511. The first-order chi connectivity index (χ1) is 8.19. The molecule has 0 aliphatic carbocycles. The molecule has 0 atom stereocenters. The number of halogens is 1. The number of hydrogen-bond donors (Lipinski definition) is 1. The van der Waals surface area contributed by atoms with E-state index in [9.17, 15) is 0 Å². The van der Waals surface area contributed by atoms with Crippen molar-refractivity contribution >= 4 is 21.7 Å². The van der Waals surface area contributed by atoms with Crippen LogP contribution in [-0.2, 0) is 6.42 Å². The molecule has 0 amide bonds. The Morgan fingerprint density at radius 1 is 1.29 bits per heavy atom. The fourth-order valence-corrected chi connectivity index (χ4v) is 1.84. The number of rotatable bonds is 3. The van der Waals surface area contributed by atoms with E-state index in [1.54, 1.807) is 6.07 Å². The number of anilines is 1. The Morgan fingerprint density at radius 2 is 2.06 bits per heavy atom. The number of benzene rings is 1. The van der Waals surface area contributed by atoms with Crippen LogP contribution in [0.2, 0.25) is 0 Å². The lowest BCUT2D eigenvalue weighted by Crippen LogP contribution is -1.98. The number of aryl methyl sites for hydroxylation is 1. The number of hydrogen-bond acceptors (Lipinski definition) is 4. The second-order valence-electron chi connectivity index (χ2n) is 3.46. The van der Waals surface area contributed by atoms with Crippen LogP contribution >= 0.6 is 15.9 Å². The van der Waals surface area contributed by atoms with E-state index >= 15 is 0 Å². The summed E-state index contributed by atoms with van der Waals surface area (Å²) < 4.78 is 6.24. The van der Waals surface area contributed by atoms with Gasteiger partial charge in [0.2, 0.25) is 0 Å². The maximum Gasteiger partial charge on any atom is 0.325 e. The van der Waals surface area contributed by atoms with Gasteiger partial charge in [0.1, 0.15) is 16.2 Å². The van der Waals surface area contributed by atoms with E-state index in [1.165, 1.54) is 0 Å². The van der Waals surface area contributed by atoms with E-state index < -0.39 is 0 Å². The lowest BCUT2D eigenvalue weighted by Gasteiger charge is -2.08. The van der Waals surface area contributed by atoms with E-state index in [0.717, 1.165) is 17.7 Å². The second-order valence-corrected chi connectivity index (χ2v) is 4.27. The number of nitrogen functional groups attached to an aromatic ring is 1. The summed E-state index contributed by atoms with van der Waals surface area (Å²) >= 11 is 3.25. The highest BCUT2D eigenvalue weighted by Crippen LogP contribution is 2.24. The van der Waals surface area contributed by atoms with Gasteiger partial charge in [0.25, 0.3) is 0 Å². The molecule has 0 spiro atoms. The zero-order chi connectivity index (χ0) is 12.3. The maximum absolute atomic E-state index is 5.63. The summed E-state index contributed by atoms with van der Waals surface area (Å²) in [6.07, 6.45) is 0.889. The molecule has 2 rings (SSSR count). The topological polar surface area (TPSA) is 61.0 Å². The van der Waals surface area contributed by atoms with Gasteiger partial charge in [-0.2, -0.15) is 9.97 Å². The lowest BCUT2D eigenvalue weighted by molar-refractivity contribution is 0.437. The van der Waals surface area contributed by atoms with Gasteiger partial charge < -0.3 is 10.5 Å². The fourth-order valence-electron chi connectivity index (χ4n) is 1.45. The molecule has 2 N–H and O–H groups in total. The minimum Gasteiger partial charge on any atom is -0.424 e. The predicted octanol–water partition coefficient (Wildman–Crippen LogP) is 3.18. The Kier molecular flexibility index (Phi) is 3.58. The molecule has 1 aromatic carbocycles. The summed E-state index contributed by atoms with van der Waals surface area (Å²) in [5, 5.41) is 0. The van der Waals surface area contributed by atoms with Crippen LogP contribution in [0.5, 0.6) is 11.8 Å². The van der Waals surface area contributed by atoms with Crippen molar-refractivity contribution in [2.24, 2.45) is 0 Å². The number of ether oxygens (including phenoxy) is 1. The molecule has 0 radical (unpaired) electrons. The van der Waals surface area contributed by atoms with Gasteiger partial charge in [0, 0.05) is 6.07 Å². The third kappa shape index (κ3) is 2.94. The SMILES string of the molecule is CCc1ccccc1Oc1nc(N)cc(Br)n1. The monoisotopic (exact) mass is 293 g/mol. The average molecular weight is 294 g/mol. The zero-order valence-corrected chi connectivity index (χ0v) is 10.9. The highest BCUT2D eigenvalue weighted by atomic mass is 79.9. The van der Waals surface area contributed by atoms with Gasteiger partial charge in [0.05, 0.1) is 0 Å². The van der Waals surface area contributed by atoms with Crippen molar-refractivity contribution in [1.29, 1.82) is 0 Å². The van der Waals surface area contributed by atoms with Gasteiger partial charge in [-0.25, -0.2) is 0 Å². The molecule has 0 aliphatic rings. The highest BCUT2D eigenvalue weighted by molar-refractivity contribution is 9.10. The van der Waals surface area contributed by atoms with Gasteiger partial charge in [0.15, 0.2) is 0 Å². The van der Waals surface area contributed by atoms with Crippen molar-refractivity contribution in [1.82, 2.24) is 9.97 Å². The molecule has 17 heavy (non-hydrogen) atoms. The number of aromatic nitrogens is 2. The van der Waals surface area contributed by atoms with Crippen LogP contribution in [0.25, 0.3) is 0 Å². The number of para-hydroxylation sites is 1. The Labute approximate surface area is 108 Å². The molecule has 1 aromatic heterocycles. The smallest absolute Gasteiger partial charge is 0.325 e. The summed E-state index contributed by atoms with van der Waals surface area (Å²) in [4.78, 5) is 8.13. The molecule has 0 saturated carbocycles. The second kappa shape index (κ2) is 5.14. The van der Waals surface area contributed by atoms with Gasteiger partial charge in [-0.3, -0.25) is 0 Å². The van der Waals surface area contributed by atoms with Crippen LogP contribution < -0.4 is 10.5 Å². The fraction of sp³-hybridized carbons (Fsp3) is 0.167. The van der Waals surface area contributed by atoms with Crippen LogP contribution in [0.15, 0.2) is 34.9 Å². The minimum atomic E-state index is 0.248. The van der Waals surface area contributed by atoms with Crippen LogP contribution in [0.1, 0.15) is 12.5 Å². The zero-order valence-electron chi connectivity index (χ0n) is 9.35. The maximum atomic E-state index is 5.63. The van der Waals surface area contributed by atoms with Gasteiger partial charge in [-0.15, -0.1) is 0 Å². The van der Waals surface area contributed by atoms with Crippen LogP contribution in [0.3, 0.4) is 0 Å². The van der Waals surface area contributed by atoms with Crippen molar-refractivity contribution in [3.05, 3.63) is 40.5 Å². The first kappa shape index (κ1) is 11.9. The van der Waals surface area contributed by atoms with E-state index in [-0.39, 0.29) is 6.01 Å². The molecule has 1 heterocycles. The van der Waals surface area contributed by atoms with Crippen molar-refractivity contribution in [3.63, 3.8) is 0 Å². The molecule has 0 unspecified atom stereocenters. The highest BCUT2D eigenvalue weighted by Gasteiger charge is 2.06. The Hall–Kier alpha value is -1.62. The van der Waals surface area contributed by atoms with Gasteiger partial charge >= 0.3 is 6.01 Å². The summed E-state index contributed by atoms with van der Waals surface area (Å²) in [6, 6.07) is 9.66. The standard InChI is InChI=1S/C12H12BrN3O/c1-2-8-5-3-4-6-9(8)17-12-15-10(13)7-11(14)16-12/h3-7H,2H2,1H3,(H2,14,15,16). The van der Waals surface area contributed by atoms with Crippen molar-refractivity contribution in [3.8, 4) is 11.8 Å². The third-order valence-electron chi connectivity index (χ3n) is 2.25. The van der Waals surface area contributed by atoms with Crippen LogP contribution in [-0.4, -0.2) is 9.97 Å². The predicted molar refractivity (Wildman–Crippen MR) is 70.0 cm³/mol. The van der Waals surface area contributed by atoms with Crippen molar-refractivity contribution in [2.45, 2.75) is 13.3 Å². The molecule has 0 aliphatic heterocycles. The molecular weight excluding hydrogens is 282 g/mol. The molecule has 0 fully saturated rings. The molecule has 5 heteroatoms. The number of nitrogens with zero attached hydrogens (tertiary/aromatic N) is 2. The number of nitrogens with two attached hydrogens (primary N) is 1. The van der Waals surface area contributed by atoms with E-state index in [4.69, 9.17) is 10.5 Å². The average Bonchev–Trinajstić information content (AvgIpc) is 2.28. The molecule has 2 aromatic rings. The van der Waals surface area contributed by atoms with E-state index in [0.29, 0.717) is 10.4 Å². The normalized spacial score (nSPS) is 10.2. The molecule has 88 valence electrons. The quantitative estimate of drug-likeness (QED) is 0.883. The van der Waals surface area contributed by atoms with E-state index in [1.807, 2.05) is 24.3 Å². The summed E-state index contributed by atoms with van der Waals surface area (Å²) in [6.45, 7) is 2.07.